The number of aryl methyl sites for hydroxylation is 1. The Labute approximate surface area is 133 Å². The molecule has 2 aromatic rings. The second-order valence-electron chi connectivity index (χ2n) is 5.85. The minimum absolute atomic E-state index is 0.0662. The van der Waals surface area contributed by atoms with Crippen LogP contribution in [-0.2, 0) is 19.3 Å². The Bertz CT molecular complexity index is 641. The summed E-state index contributed by atoms with van der Waals surface area (Å²) in [5.41, 5.74) is 10.2. The topological polar surface area (TPSA) is 26.0 Å². The van der Waals surface area contributed by atoms with E-state index in [1.807, 2.05) is 6.07 Å². The van der Waals surface area contributed by atoms with Gasteiger partial charge in [-0.1, -0.05) is 36.4 Å². The van der Waals surface area contributed by atoms with Gasteiger partial charge in [-0.05, 0) is 70.3 Å². The molecule has 2 N–H and O–H groups in total. The monoisotopic (exact) mass is 347 g/mol. The Morgan fingerprint density at radius 2 is 1.90 bits per heavy atom. The maximum atomic E-state index is 13.6. The van der Waals surface area contributed by atoms with Crippen LogP contribution in [0.3, 0.4) is 0 Å². The van der Waals surface area contributed by atoms with Gasteiger partial charge in [-0.3, -0.25) is 0 Å². The van der Waals surface area contributed by atoms with E-state index in [2.05, 4.69) is 40.2 Å². The van der Waals surface area contributed by atoms with Gasteiger partial charge in [0.25, 0.3) is 0 Å². The van der Waals surface area contributed by atoms with E-state index >= 15 is 0 Å². The lowest BCUT2D eigenvalue weighted by Crippen LogP contribution is -2.36. The second kappa shape index (κ2) is 6.29. The van der Waals surface area contributed by atoms with Crippen molar-refractivity contribution in [1.29, 1.82) is 0 Å². The summed E-state index contributed by atoms with van der Waals surface area (Å²) in [5.74, 6) is 0.253. The molecule has 2 unspecified atom stereocenters. The molecule has 0 aromatic heterocycles. The van der Waals surface area contributed by atoms with Crippen molar-refractivity contribution < 1.29 is 4.39 Å². The zero-order chi connectivity index (χ0) is 14.8. The largest absolute Gasteiger partial charge is 0.327 e. The number of benzene rings is 2. The van der Waals surface area contributed by atoms with Gasteiger partial charge in [0, 0.05) is 6.04 Å². The average molecular weight is 348 g/mol. The van der Waals surface area contributed by atoms with E-state index < -0.39 is 0 Å². The van der Waals surface area contributed by atoms with Crippen molar-refractivity contribution in [3.05, 3.63) is 69.4 Å². The highest BCUT2D eigenvalue weighted by Crippen LogP contribution is 2.29. The van der Waals surface area contributed by atoms with Gasteiger partial charge < -0.3 is 5.73 Å². The average Bonchev–Trinajstić information content (AvgIpc) is 2.51. The molecule has 0 fully saturated rings. The molecular formula is C18H19BrFN. The molecule has 0 saturated carbocycles. The van der Waals surface area contributed by atoms with Crippen LogP contribution in [0.1, 0.15) is 23.1 Å². The molecule has 0 bridgehead atoms. The van der Waals surface area contributed by atoms with Crippen LogP contribution < -0.4 is 5.73 Å². The highest BCUT2D eigenvalue weighted by molar-refractivity contribution is 9.10. The summed E-state index contributed by atoms with van der Waals surface area (Å²) in [6, 6.07) is 13.8. The Hall–Kier alpha value is -1.19. The molecule has 0 spiro atoms. The van der Waals surface area contributed by atoms with Crippen molar-refractivity contribution in [1.82, 2.24) is 0 Å². The first-order chi connectivity index (χ1) is 10.1. The van der Waals surface area contributed by atoms with E-state index in [0.29, 0.717) is 16.8 Å². The minimum atomic E-state index is -0.214. The van der Waals surface area contributed by atoms with Crippen LogP contribution in [0.25, 0.3) is 0 Å². The molecule has 0 aliphatic heterocycles. The molecule has 0 saturated heterocycles. The highest BCUT2D eigenvalue weighted by Gasteiger charge is 2.24. The van der Waals surface area contributed by atoms with Crippen molar-refractivity contribution >= 4 is 15.9 Å². The molecular weight excluding hydrogens is 329 g/mol. The molecule has 0 amide bonds. The lowest BCUT2D eigenvalue weighted by molar-refractivity contribution is 0.372. The normalized spacial score (nSPS) is 19.1. The quantitative estimate of drug-likeness (QED) is 0.881. The second-order valence-corrected chi connectivity index (χ2v) is 6.65. The first-order valence-electron chi connectivity index (χ1n) is 7.40. The van der Waals surface area contributed by atoms with Crippen LogP contribution >= 0.6 is 15.9 Å². The van der Waals surface area contributed by atoms with Gasteiger partial charge in [-0.15, -0.1) is 0 Å². The van der Waals surface area contributed by atoms with Gasteiger partial charge in [0.2, 0.25) is 0 Å². The van der Waals surface area contributed by atoms with E-state index in [1.165, 1.54) is 17.2 Å². The van der Waals surface area contributed by atoms with Crippen LogP contribution in [-0.4, -0.2) is 6.04 Å². The van der Waals surface area contributed by atoms with Crippen molar-refractivity contribution in [2.24, 2.45) is 11.7 Å². The van der Waals surface area contributed by atoms with Crippen LogP contribution in [0.15, 0.2) is 46.9 Å². The summed E-state index contributed by atoms with van der Waals surface area (Å²) in [4.78, 5) is 0. The fourth-order valence-corrected chi connectivity index (χ4v) is 3.64. The molecule has 110 valence electrons. The summed E-state index contributed by atoms with van der Waals surface area (Å²) in [6.07, 6.45) is 3.96. The summed E-state index contributed by atoms with van der Waals surface area (Å²) < 4.78 is 14.1. The molecule has 3 heteroatoms. The molecule has 3 rings (SSSR count). The maximum Gasteiger partial charge on any atom is 0.137 e. The third-order valence-electron chi connectivity index (χ3n) is 4.48. The number of hydrogen-bond acceptors (Lipinski definition) is 1. The lowest BCUT2D eigenvalue weighted by atomic mass is 9.79. The summed E-state index contributed by atoms with van der Waals surface area (Å²) >= 11 is 3.33. The molecule has 1 nitrogen and oxygen atoms in total. The fraction of sp³-hybridized carbons (Fsp3) is 0.333. The van der Waals surface area contributed by atoms with Crippen LogP contribution in [0, 0.1) is 11.7 Å². The smallest absolute Gasteiger partial charge is 0.137 e. The van der Waals surface area contributed by atoms with Gasteiger partial charge in [0.05, 0.1) is 4.47 Å². The zero-order valence-electron chi connectivity index (χ0n) is 11.9. The zero-order valence-corrected chi connectivity index (χ0v) is 13.4. The van der Waals surface area contributed by atoms with Crippen molar-refractivity contribution in [3.63, 3.8) is 0 Å². The molecule has 2 atom stereocenters. The number of halogens is 2. The Morgan fingerprint density at radius 3 is 2.71 bits per heavy atom. The van der Waals surface area contributed by atoms with Gasteiger partial charge in [0.1, 0.15) is 5.82 Å². The Kier molecular flexibility index (Phi) is 4.41. The van der Waals surface area contributed by atoms with Gasteiger partial charge in [0.15, 0.2) is 0 Å². The Morgan fingerprint density at radius 1 is 1.14 bits per heavy atom. The molecule has 1 aliphatic carbocycles. The van der Waals surface area contributed by atoms with E-state index in [1.54, 1.807) is 6.07 Å². The molecule has 1 aliphatic rings. The number of hydrogen-bond donors (Lipinski definition) is 1. The number of rotatable bonds is 3. The van der Waals surface area contributed by atoms with Gasteiger partial charge in [-0.25, -0.2) is 4.39 Å². The summed E-state index contributed by atoms with van der Waals surface area (Å²) in [6.45, 7) is 0. The first-order valence-corrected chi connectivity index (χ1v) is 8.19. The third-order valence-corrected chi connectivity index (χ3v) is 5.37. The maximum absolute atomic E-state index is 13.6. The number of nitrogens with two attached hydrogens (primary N) is 1. The third kappa shape index (κ3) is 3.19. The van der Waals surface area contributed by atoms with Crippen LogP contribution in [0.2, 0.25) is 0 Å². The van der Waals surface area contributed by atoms with Gasteiger partial charge >= 0.3 is 0 Å². The van der Waals surface area contributed by atoms with Crippen molar-refractivity contribution in [3.8, 4) is 0 Å². The predicted molar refractivity (Wildman–Crippen MR) is 87.7 cm³/mol. The summed E-state index contributed by atoms with van der Waals surface area (Å²) in [7, 11) is 0. The molecule has 0 heterocycles. The minimum Gasteiger partial charge on any atom is -0.327 e. The molecule has 0 radical (unpaired) electrons. The van der Waals surface area contributed by atoms with Crippen molar-refractivity contribution in [2.75, 3.05) is 0 Å². The van der Waals surface area contributed by atoms with E-state index in [0.717, 1.165) is 24.8 Å². The Balaban J connectivity index is 1.72. The molecule has 2 aromatic carbocycles. The number of fused-ring (bicyclic) bond motifs is 1. The lowest BCUT2D eigenvalue weighted by Gasteiger charge is -2.29. The summed E-state index contributed by atoms with van der Waals surface area (Å²) in [5, 5.41) is 0. The van der Waals surface area contributed by atoms with Crippen LogP contribution in [0.4, 0.5) is 4.39 Å². The SMILES string of the molecule is NC(Cc1cccc(F)c1Br)C1CCc2ccccc2C1. The molecule has 21 heavy (non-hydrogen) atoms. The van der Waals surface area contributed by atoms with E-state index in [9.17, 15) is 4.39 Å². The van der Waals surface area contributed by atoms with Gasteiger partial charge in [-0.2, -0.15) is 0 Å². The van der Waals surface area contributed by atoms with Crippen molar-refractivity contribution in [2.45, 2.75) is 31.7 Å². The standard InChI is InChI=1S/C18H19BrFN/c19-18-15(6-3-7-16(18)20)11-17(21)14-9-8-12-4-1-2-5-13(12)10-14/h1-7,14,17H,8-11,21H2. The van der Waals surface area contributed by atoms with E-state index in [-0.39, 0.29) is 11.9 Å². The van der Waals surface area contributed by atoms with Crippen LogP contribution in [0.5, 0.6) is 0 Å². The fourth-order valence-electron chi connectivity index (χ4n) is 3.22. The van der Waals surface area contributed by atoms with E-state index in [4.69, 9.17) is 5.73 Å². The predicted octanol–water partition coefficient (Wildman–Crippen LogP) is 4.26. The first kappa shape index (κ1) is 14.7. The highest BCUT2D eigenvalue weighted by atomic mass is 79.9.